The smallest absolute Gasteiger partial charge is 0.260 e. The van der Waals surface area contributed by atoms with Gasteiger partial charge in [-0.05, 0) is 55.7 Å². The molecule has 0 atom stereocenters. The standard InChI is InChI=1S/C22H20ClFN4O/c23-17-8-5-9-18(24)21(17)22(29)25-16-7-4-6-15(14-16)19-10-11-20(27-26-19)28-12-2-1-3-13-28/h4-11,14H,1-3,12-13H2,(H,25,29). The molecule has 1 aliphatic rings. The summed E-state index contributed by atoms with van der Waals surface area (Å²) in [6.07, 6.45) is 3.62. The number of carbonyl (C=O) groups is 1. The van der Waals surface area contributed by atoms with E-state index in [0.29, 0.717) is 11.4 Å². The first-order valence-corrected chi connectivity index (χ1v) is 9.94. The van der Waals surface area contributed by atoms with Crippen LogP contribution in [-0.4, -0.2) is 29.2 Å². The van der Waals surface area contributed by atoms with Crippen molar-refractivity contribution in [1.82, 2.24) is 10.2 Å². The Labute approximate surface area is 173 Å². The number of amides is 1. The van der Waals surface area contributed by atoms with Gasteiger partial charge in [0.05, 0.1) is 16.3 Å². The van der Waals surface area contributed by atoms with Gasteiger partial charge in [0.25, 0.3) is 5.91 Å². The molecule has 3 aromatic rings. The Morgan fingerprint density at radius 1 is 1.00 bits per heavy atom. The number of hydrogen-bond acceptors (Lipinski definition) is 4. The van der Waals surface area contributed by atoms with E-state index in [1.165, 1.54) is 37.5 Å². The topological polar surface area (TPSA) is 58.1 Å². The summed E-state index contributed by atoms with van der Waals surface area (Å²) in [7, 11) is 0. The Hall–Kier alpha value is -2.99. The van der Waals surface area contributed by atoms with Crippen LogP contribution in [0, 0.1) is 5.82 Å². The first-order valence-electron chi connectivity index (χ1n) is 9.56. The molecule has 0 unspecified atom stereocenters. The van der Waals surface area contributed by atoms with Crippen LogP contribution in [0.1, 0.15) is 29.6 Å². The van der Waals surface area contributed by atoms with E-state index in [0.717, 1.165) is 24.5 Å². The van der Waals surface area contributed by atoms with Crippen molar-refractivity contribution in [3.8, 4) is 11.3 Å². The van der Waals surface area contributed by atoms with Gasteiger partial charge < -0.3 is 10.2 Å². The normalized spacial score (nSPS) is 13.9. The number of nitrogens with one attached hydrogen (secondary N) is 1. The fourth-order valence-electron chi connectivity index (χ4n) is 3.44. The summed E-state index contributed by atoms with van der Waals surface area (Å²) in [5.41, 5.74) is 1.85. The molecular weight excluding hydrogens is 391 g/mol. The monoisotopic (exact) mass is 410 g/mol. The van der Waals surface area contributed by atoms with Gasteiger partial charge in [0.2, 0.25) is 0 Å². The van der Waals surface area contributed by atoms with Crippen LogP contribution in [0.15, 0.2) is 54.6 Å². The van der Waals surface area contributed by atoms with E-state index < -0.39 is 11.7 Å². The number of hydrogen-bond donors (Lipinski definition) is 1. The Morgan fingerprint density at radius 2 is 1.79 bits per heavy atom. The van der Waals surface area contributed by atoms with Crippen molar-refractivity contribution in [2.24, 2.45) is 0 Å². The minimum atomic E-state index is -0.662. The van der Waals surface area contributed by atoms with Gasteiger partial charge in [-0.2, -0.15) is 0 Å². The van der Waals surface area contributed by atoms with E-state index in [4.69, 9.17) is 11.6 Å². The lowest BCUT2D eigenvalue weighted by molar-refractivity contribution is 0.102. The molecule has 148 valence electrons. The van der Waals surface area contributed by atoms with Crippen molar-refractivity contribution in [3.05, 3.63) is 71.0 Å². The highest BCUT2D eigenvalue weighted by Crippen LogP contribution is 2.25. The third kappa shape index (κ3) is 4.38. The van der Waals surface area contributed by atoms with Crippen LogP contribution >= 0.6 is 11.6 Å². The van der Waals surface area contributed by atoms with Crippen molar-refractivity contribution in [2.45, 2.75) is 19.3 Å². The molecule has 29 heavy (non-hydrogen) atoms. The van der Waals surface area contributed by atoms with Crippen molar-refractivity contribution in [1.29, 1.82) is 0 Å². The molecule has 0 aliphatic carbocycles. The molecule has 0 saturated carbocycles. The third-order valence-electron chi connectivity index (χ3n) is 4.94. The molecule has 7 heteroatoms. The third-order valence-corrected chi connectivity index (χ3v) is 5.25. The Bertz CT molecular complexity index is 999. The SMILES string of the molecule is O=C(Nc1cccc(-c2ccc(N3CCCCC3)nn2)c1)c1c(F)cccc1Cl. The summed E-state index contributed by atoms with van der Waals surface area (Å²) in [5, 5.41) is 11.5. The summed E-state index contributed by atoms with van der Waals surface area (Å²) in [6, 6.07) is 15.2. The predicted octanol–water partition coefficient (Wildman–Crippen LogP) is 5.18. The van der Waals surface area contributed by atoms with Gasteiger partial charge in [0.1, 0.15) is 5.82 Å². The maximum absolute atomic E-state index is 14.0. The molecule has 0 radical (unpaired) electrons. The van der Waals surface area contributed by atoms with Gasteiger partial charge in [0, 0.05) is 24.3 Å². The largest absolute Gasteiger partial charge is 0.355 e. The molecular formula is C22H20ClFN4O. The van der Waals surface area contributed by atoms with Crippen LogP contribution in [0.5, 0.6) is 0 Å². The van der Waals surface area contributed by atoms with Crippen LogP contribution in [-0.2, 0) is 0 Å². The predicted molar refractivity (Wildman–Crippen MR) is 113 cm³/mol. The van der Waals surface area contributed by atoms with E-state index in [1.54, 1.807) is 18.2 Å². The van der Waals surface area contributed by atoms with Gasteiger partial charge in [0.15, 0.2) is 5.82 Å². The number of benzene rings is 2. The second kappa shape index (κ2) is 8.57. The molecule has 1 fully saturated rings. The van der Waals surface area contributed by atoms with Gasteiger partial charge in [-0.15, -0.1) is 10.2 Å². The van der Waals surface area contributed by atoms with Crippen molar-refractivity contribution in [2.75, 3.05) is 23.3 Å². The van der Waals surface area contributed by atoms with E-state index in [1.807, 2.05) is 18.2 Å². The second-order valence-electron chi connectivity index (χ2n) is 6.96. The summed E-state index contributed by atoms with van der Waals surface area (Å²) in [4.78, 5) is 14.7. The van der Waals surface area contributed by atoms with Gasteiger partial charge >= 0.3 is 0 Å². The zero-order chi connectivity index (χ0) is 20.2. The fraction of sp³-hybridized carbons (Fsp3) is 0.227. The van der Waals surface area contributed by atoms with Crippen LogP contribution in [0.4, 0.5) is 15.9 Å². The molecule has 4 rings (SSSR count). The van der Waals surface area contributed by atoms with E-state index in [9.17, 15) is 9.18 Å². The van der Waals surface area contributed by atoms with Crippen molar-refractivity contribution < 1.29 is 9.18 Å². The first kappa shape index (κ1) is 19.3. The van der Waals surface area contributed by atoms with E-state index >= 15 is 0 Å². The zero-order valence-corrected chi connectivity index (χ0v) is 16.5. The Morgan fingerprint density at radius 3 is 2.52 bits per heavy atom. The van der Waals surface area contributed by atoms with Crippen molar-refractivity contribution in [3.63, 3.8) is 0 Å². The molecule has 1 aromatic heterocycles. The Balaban J connectivity index is 1.52. The maximum Gasteiger partial charge on any atom is 0.260 e. The number of halogens is 2. The number of rotatable bonds is 4. The van der Waals surface area contributed by atoms with Crippen molar-refractivity contribution >= 4 is 29.0 Å². The molecule has 2 heterocycles. The van der Waals surface area contributed by atoms with Crippen LogP contribution in [0.3, 0.4) is 0 Å². The number of nitrogens with zero attached hydrogens (tertiary/aromatic N) is 3. The number of piperidine rings is 1. The van der Waals surface area contributed by atoms with Crippen LogP contribution in [0.2, 0.25) is 5.02 Å². The van der Waals surface area contributed by atoms with Gasteiger partial charge in [-0.3, -0.25) is 4.79 Å². The lowest BCUT2D eigenvalue weighted by atomic mass is 10.1. The summed E-state index contributed by atoms with van der Waals surface area (Å²) >= 11 is 5.97. The first-order chi connectivity index (χ1) is 14.1. The second-order valence-corrected chi connectivity index (χ2v) is 7.36. The molecule has 0 bridgehead atoms. The molecule has 1 aliphatic heterocycles. The minimum Gasteiger partial charge on any atom is -0.355 e. The average Bonchev–Trinajstić information content (AvgIpc) is 2.74. The fourth-order valence-corrected chi connectivity index (χ4v) is 3.68. The molecule has 1 saturated heterocycles. The Kier molecular flexibility index (Phi) is 5.71. The van der Waals surface area contributed by atoms with E-state index in [-0.39, 0.29) is 10.6 Å². The zero-order valence-electron chi connectivity index (χ0n) is 15.7. The molecule has 0 spiro atoms. The lowest BCUT2D eigenvalue weighted by Crippen LogP contribution is -2.30. The maximum atomic E-state index is 14.0. The van der Waals surface area contributed by atoms with Gasteiger partial charge in [-0.25, -0.2) is 4.39 Å². The van der Waals surface area contributed by atoms with Crippen LogP contribution < -0.4 is 10.2 Å². The number of aromatic nitrogens is 2. The van der Waals surface area contributed by atoms with E-state index in [2.05, 4.69) is 20.4 Å². The summed E-state index contributed by atoms with van der Waals surface area (Å²) in [5.74, 6) is -0.380. The highest BCUT2D eigenvalue weighted by atomic mass is 35.5. The lowest BCUT2D eigenvalue weighted by Gasteiger charge is -2.27. The summed E-state index contributed by atoms with van der Waals surface area (Å²) < 4.78 is 14.0. The van der Waals surface area contributed by atoms with Crippen LogP contribution in [0.25, 0.3) is 11.3 Å². The highest BCUT2D eigenvalue weighted by Gasteiger charge is 2.16. The quantitative estimate of drug-likeness (QED) is 0.644. The van der Waals surface area contributed by atoms with Gasteiger partial charge in [-0.1, -0.05) is 29.8 Å². The highest BCUT2D eigenvalue weighted by molar-refractivity contribution is 6.34. The number of anilines is 2. The minimum absolute atomic E-state index is 0.0674. The molecule has 1 amide bonds. The molecule has 2 aromatic carbocycles. The average molecular weight is 411 g/mol. The summed E-state index contributed by atoms with van der Waals surface area (Å²) in [6.45, 7) is 2.02. The molecule has 5 nitrogen and oxygen atoms in total. The number of carbonyl (C=O) groups excluding carboxylic acids is 1. The molecule has 1 N–H and O–H groups in total.